The minimum absolute atomic E-state index is 0.0437. The molecule has 1 aliphatic carbocycles. The summed E-state index contributed by atoms with van der Waals surface area (Å²) in [6, 6.07) is 8.79. The number of fused-ring (bicyclic) bond motifs is 1. The number of amides is 1. The molecule has 24 heavy (non-hydrogen) atoms. The second kappa shape index (κ2) is 6.70. The minimum Gasteiger partial charge on any atom is -0.479 e. The van der Waals surface area contributed by atoms with Gasteiger partial charge < -0.3 is 15.4 Å². The van der Waals surface area contributed by atoms with Gasteiger partial charge in [-0.15, -0.1) is 0 Å². The quantitative estimate of drug-likeness (QED) is 0.798. The van der Waals surface area contributed by atoms with Crippen LogP contribution in [0, 0.1) is 0 Å². The maximum atomic E-state index is 12.4. The fourth-order valence-electron chi connectivity index (χ4n) is 2.99. The third kappa shape index (κ3) is 3.22. The highest BCUT2D eigenvalue weighted by Gasteiger charge is 2.24. The van der Waals surface area contributed by atoms with Gasteiger partial charge in [0.25, 0.3) is 11.5 Å². The Hall–Kier alpha value is -2.89. The molecule has 1 aromatic heterocycles. The Morgan fingerprint density at radius 3 is 2.54 bits per heavy atom. The molecule has 0 spiro atoms. The van der Waals surface area contributed by atoms with Crippen molar-refractivity contribution in [2.45, 2.75) is 31.7 Å². The Morgan fingerprint density at radius 1 is 1.12 bits per heavy atom. The van der Waals surface area contributed by atoms with Gasteiger partial charge in [0.15, 0.2) is 6.04 Å². The summed E-state index contributed by atoms with van der Waals surface area (Å²) in [5.41, 5.74) is 1.76. The predicted molar refractivity (Wildman–Crippen MR) is 88.0 cm³/mol. The molecule has 0 radical (unpaired) electrons. The number of pyridine rings is 1. The van der Waals surface area contributed by atoms with Gasteiger partial charge in [0.05, 0.1) is 0 Å². The molecule has 6 nitrogen and oxygen atoms in total. The normalized spacial score (nSPS) is 14.5. The van der Waals surface area contributed by atoms with Crippen LogP contribution in [0.5, 0.6) is 0 Å². The number of rotatable bonds is 4. The summed E-state index contributed by atoms with van der Waals surface area (Å²) in [5, 5.41) is 11.8. The fraction of sp³-hybridized carbons (Fsp3) is 0.278. The first-order valence-electron chi connectivity index (χ1n) is 7.90. The first kappa shape index (κ1) is 16.0. The summed E-state index contributed by atoms with van der Waals surface area (Å²) in [6.45, 7) is 0. The third-order valence-corrected chi connectivity index (χ3v) is 4.24. The zero-order valence-corrected chi connectivity index (χ0v) is 13.0. The van der Waals surface area contributed by atoms with Crippen molar-refractivity contribution in [1.82, 2.24) is 10.3 Å². The van der Waals surface area contributed by atoms with E-state index in [-0.39, 0.29) is 5.56 Å². The number of aromatic nitrogens is 1. The maximum Gasteiger partial charge on any atom is 0.330 e. The molecule has 1 atom stereocenters. The van der Waals surface area contributed by atoms with Crippen LogP contribution in [0.15, 0.2) is 41.2 Å². The first-order chi connectivity index (χ1) is 11.6. The first-order valence-corrected chi connectivity index (χ1v) is 7.90. The van der Waals surface area contributed by atoms with Gasteiger partial charge in [-0.3, -0.25) is 9.59 Å². The van der Waals surface area contributed by atoms with E-state index in [2.05, 4.69) is 10.3 Å². The van der Waals surface area contributed by atoms with Crippen LogP contribution in [0.3, 0.4) is 0 Å². The molecule has 0 unspecified atom stereocenters. The number of H-pyrrole nitrogens is 1. The lowest BCUT2D eigenvalue weighted by molar-refractivity contribution is -0.139. The maximum absolute atomic E-state index is 12.4. The van der Waals surface area contributed by atoms with Crippen molar-refractivity contribution in [3.63, 3.8) is 0 Å². The van der Waals surface area contributed by atoms with Crippen molar-refractivity contribution >= 4 is 11.9 Å². The van der Waals surface area contributed by atoms with Gasteiger partial charge >= 0.3 is 5.97 Å². The second-order valence-electron chi connectivity index (χ2n) is 5.88. The molecule has 0 saturated carbocycles. The second-order valence-corrected chi connectivity index (χ2v) is 5.88. The number of carbonyl (C=O) groups excluding carboxylic acids is 1. The molecule has 1 heterocycles. The average Bonchev–Trinajstić information content (AvgIpc) is 2.59. The van der Waals surface area contributed by atoms with Gasteiger partial charge in [-0.25, -0.2) is 4.79 Å². The zero-order chi connectivity index (χ0) is 17.1. The van der Waals surface area contributed by atoms with E-state index in [4.69, 9.17) is 0 Å². The summed E-state index contributed by atoms with van der Waals surface area (Å²) in [6.07, 6.45) is 3.65. The molecule has 1 aromatic carbocycles. The van der Waals surface area contributed by atoms with E-state index in [1.54, 1.807) is 36.4 Å². The van der Waals surface area contributed by atoms with E-state index in [1.807, 2.05) is 0 Å². The number of carboxylic acid groups (broad SMARTS) is 1. The van der Waals surface area contributed by atoms with Crippen LogP contribution in [0.2, 0.25) is 0 Å². The Labute approximate surface area is 138 Å². The number of carboxylic acids is 1. The standard InChI is InChI=1S/C18H18N2O4/c21-16-13(10-12-8-4-5-9-14(12)19-16)17(22)20-15(18(23)24)11-6-2-1-3-7-11/h1-3,6-7,10,15H,4-5,8-9H2,(H,19,21)(H,20,22)(H,23,24)/t15-/m1/s1. The van der Waals surface area contributed by atoms with Gasteiger partial charge in [0, 0.05) is 5.69 Å². The zero-order valence-electron chi connectivity index (χ0n) is 13.0. The lowest BCUT2D eigenvalue weighted by Gasteiger charge is -2.17. The van der Waals surface area contributed by atoms with E-state index in [9.17, 15) is 19.5 Å². The largest absolute Gasteiger partial charge is 0.479 e. The van der Waals surface area contributed by atoms with E-state index < -0.39 is 23.5 Å². The fourth-order valence-corrected chi connectivity index (χ4v) is 2.99. The summed E-state index contributed by atoms with van der Waals surface area (Å²) >= 11 is 0. The minimum atomic E-state index is -1.20. The Balaban J connectivity index is 1.88. The molecule has 1 amide bonds. The van der Waals surface area contributed by atoms with E-state index in [0.717, 1.165) is 36.9 Å². The number of nitrogens with one attached hydrogen (secondary N) is 2. The molecular formula is C18H18N2O4. The predicted octanol–water partition coefficient (Wildman–Crippen LogP) is 1.81. The van der Waals surface area contributed by atoms with E-state index in [1.165, 1.54) is 0 Å². The summed E-state index contributed by atoms with van der Waals surface area (Å²) < 4.78 is 0. The molecule has 124 valence electrons. The van der Waals surface area contributed by atoms with Crippen molar-refractivity contribution in [3.05, 3.63) is 69.1 Å². The van der Waals surface area contributed by atoms with Crippen molar-refractivity contribution in [1.29, 1.82) is 0 Å². The highest BCUT2D eigenvalue weighted by molar-refractivity contribution is 5.96. The highest BCUT2D eigenvalue weighted by Crippen LogP contribution is 2.19. The lowest BCUT2D eigenvalue weighted by Crippen LogP contribution is -2.37. The number of carbonyl (C=O) groups is 2. The Kier molecular flexibility index (Phi) is 4.46. The monoisotopic (exact) mass is 326 g/mol. The molecule has 0 saturated heterocycles. The Morgan fingerprint density at radius 2 is 1.83 bits per heavy atom. The van der Waals surface area contributed by atoms with Crippen LogP contribution in [0.4, 0.5) is 0 Å². The molecule has 0 aliphatic heterocycles. The summed E-state index contributed by atoms with van der Waals surface area (Å²) in [4.78, 5) is 38.8. The van der Waals surface area contributed by atoms with Crippen LogP contribution >= 0.6 is 0 Å². The van der Waals surface area contributed by atoms with Gasteiger partial charge in [0.2, 0.25) is 0 Å². The van der Waals surface area contributed by atoms with Gasteiger partial charge in [-0.2, -0.15) is 0 Å². The number of hydrogen-bond donors (Lipinski definition) is 3. The highest BCUT2D eigenvalue weighted by atomic mass is 16.4. The third-order valence-electron chi connectivity index (χ3n) is 4.24. The smallest absolute Gasteiger partial charge is 0.330 e. The molecule has 3 rings (SSSR count). The van der Waals surface area contributed by atoms with Gasteiger partial charge in [-0.1, -0.05) is 30.3 Å². The summed E-state index contributed by atoms with van der Waals surface area (Å²) in [7, 11) is 0. The molecule has 1 aliphatic rings. The van der Waals surface area contributed by atoms with E-state index in [0.29, 0.717) is 5.56 Å². The molecule has 2 aromatic rings. The SMILES string of the molecule is O=C(N[C@@H](C(=O)O)c1ccccc1)c1cc2c([nH]c1=O)CCCC2. The number of aromatic amines is 1. The summed E-state index contributed by atoms with van der Waals surface area (Å²) in [5.74, 6) is -1.86. The molecule has 0 fully saturated rings. The van der Waals surface area contributed by atoms with Crippen molar-refractivity contribution in [2.75, 3.05) is 0 Å². The molecule has 6 heteroatoms. The van der Waals surface area contributed by atoms with E-state index >= 15 is 0 Å². The average molecular weight is 326 g/mol. The van der Waals surface area contributed by atoms with Crippen LogP contribution in [-0.4, -0.2) is 22.0 Å². The number of hydrogen-bond acceptors (Lipinski definition) is 3. The van der Waals surface area contributed by atoms with Crippen LogP contribution < -0.4 is 10.9 Å². The topological polar surface area (TPSA) is 99.3 Å². The van der Waals surface area contributed by atoms with Crippen molar-refractivity contribution in [3.8, 4) is 0 Å². The van der Waals surface area contributed by atoms with Crippen molar-refractivity contribution < 1.29 is 14.7 Å². The number of benzene rings is 1. The van der Waals surface area contributed by atoms with Crippen LogP contribution in [-0.2, 0) is 17.6 Å². The van der Waals surface area contributed by atoms with Crippen molar-refractivity contribution in [2.24, 2.45) is 0 Å². The molecular weight excluding hydrogens is 308 g/mol. The van der Waals surface area contributed by atoms with Crippen LogP contribution in [0.25, 0.3) is 0 Å². The Bertz CT molecular complexity index is 827. The van der Waals surface area contributed by atoms with Gasteiger partial charge in [0.1, 0.15) is 5.56 Å². The van der Waals surface area contributed by atoms with Crippen LogP contribution in [0.1, 0.15) is 46.1 Å². The number of aliphatic carboxylic acids is 1. The van der Waals surface area contributed by atoms with Gasteiger partial charge in [-0.05, 0) is 42.9 Å². The molecule has 0 bridgehead atoms. The molecule has 3 N–H and O–H groups in total. The lowest BCUT2D eigenvalue weighted by atomic mass is 9.95. The number of aryl methyl sites for hydroxylation is 2.